The van der Waals surface area contributed by atoms with Gasteiger partial charge in [-0.2, -0.15) is 0 Å². The topological polar surface area (TPSA) is 89.7 Å². The summed E-state index contributed by atoms with van der Waals surface area (Å²) in [6.07, 6.45) is 0. The molecule has 0 aliphatic carbocycles. The van der Waals surface area contributed by atoms with Crippen molar-refractivity contribution in [3.05, 3.63) is 27.2 Å². The molecule has 1 aromatic carbocycles. The Morgan fingerprint density at radius 1 is 1.35 bits per heavy atom. The van der Waals surface area contributed by atoms with Crippen molar-refractivity contribution in [2.45, 2.75) is 4.90 Å². The van der Waals surface area contributed by atoms with E-state index < -0.39 is 10.0 Å². The van der Waals surface area contributed by atoms with E-state index in [1.807, 2.05) is 0 Å². The zero-order valence-corrected chi connectivity index (χ0v) is 13.5. The van der Waals surface area contributed by atoms with Gasteiger partial charge < -0.3 is 9.64 Å². The average Bonchev–Trinajstić information content (AvgIpc) is 2.37. The highest BCUT2D eigenvalue weighted by atomic mass is 79.9. The van der Waals surface area contributed by atoms with Crippen molar-refractivity contribution in [1.29, 1.82) is 0 Å². The number of sulfonamides is 1. The van der Waals surface area contributed by atoms with Crippen LogP contribution in [0.4, 0.5) is 0 Å². The maximum Gasteiger partial charge on any atom is 0.255 e. The Labute approximate surface area is 130 Å². The normalized spacial score (nSPS) is 16.2. The van der Waals surface area contributed by atoms with Crippen LogP contribution < -0.4 is 5.14 Å². The fourth-order valence-corrected chi connectivity index (χ4v) is 3.86. The Morgan fingerprint density at radius 2 is 1.95 bits per heavy atom. The van der Waals surface area contributed by atoms with Gasteiger partial charge in [-0.15, -0.1) is 0 Å². The van der Waals surface area contributed by atoms with Gasteiger partial charge in [-0.3, -0.25) is 4.79 Å². The molecular formula is C11H12BrClN2O4S. The second-order valence-electron chi connectivity index (χ2n) is 4.21. The van der Waals surface area contributed by atoms with Gasteiger partial charge in [0.1, 0.15) is 0 Å². The van der Waals surface area contributed by atoms with Crippen molar-refractivity contribution in [3.8, 4) is 0 Å². The number of nitrogens with two attached hydrogens (primary N) is 1. The number of halogens is 2. The van der Waals surface area contributed by atoms with Crippen molar-refractivity contribution in [2.24, 2.45) is 5.14 Å². The molecule has 1 heterocycles. The van der Waals surface area contributed by atoms with Crippen LogP contribution in [0.1, 0.15) is 10.4 Å². The lowest BCUT2D eigenvalue weighted by atomic mass is 10.2. The quantitative estimate of drug-likeness (QED) is 0.831. The number of nitrogens with zero attached hydrogens (tertiary/aromatic N) is 1. The third kappa shape index (κ3) is 3.32. The molecule has 0 aromatic heterocycles. The zero-order valence-electron chi connectivity index (χ0n) is 10.3. The van der Waals surface area contributed by atoms with Crippen molar-refractivity contribution in [1.82, 2.24) is 4.90 Å². The number of benzene rings is 1. The van der Waals surface area contributed by atoms with Crippen LogP contribution in [0.5, 0.6) is 0 Å². The molecule has 20 heavy (non-hydrogen) atoms. The van der Waals surface area contributed by atoms with Crippen LogP contribution in [-0.4, -0.2) is 45.5 Å². The fraction of sp³-hybridized carbons (Fsp3) is 0.364. The summed E-state index contributed by atoms with van der Waals surface area (Å²) in [5, 5.41) is 5.28. The molecule has 2 N–H and O–H groups in total. The second kappa shape index (κ2) is 5.98. The van der Waals surface area contributed by atoms with E-state index in [1.165, 1.54) is 12.1 Å². The minimum absolute atomic E-state index is 0.112. The molecule has 0 atom stereocenters. The van der Waals surface area contributed by atoms with Crippen LogP contribution in [0.2, 0.25) is 5.02 Å². The van der Waals surface area contributed by atoms with Gasteiger partial charge in [0.25, 0.3) is 5.91 Å². The lowest BCUT2D eigenvalue weighted by molar-refractivity contribution is 0.0303. The average molecular weight is 384 g/mol. The SMILES string of the molecule is NS(=O)(=O)c1cc(C(=O)N2CCOCC2)c(Cl)cc1Br. The number of morpholine rings is 1. The maximum absolute atomic E-state index is 12.3. The van der Waals surface area contributed by atoms with Crippen molar-refractivity contribution in [2.75, 3.05) is 26.3 Å². The number of carbonyl (C=O) groups excluding carboxylic acids is 1. The fourth-order valence-electron chi connectivity index (χ4n) is 1.85. The number of amides is 1. The third-order valence-corrected chi connectivity index (χ3v) is 5.04. The number of hydrogen-bond donors (Lipinski definition) is 1. The van der Waals surface area contributed by atoms with E-state index >= 15 is 0 Å². The monoisotopic (exact) mass is 382 g/mol. The molecule has 1 aliphatic heterocycles. The summed E-state index contributed by atoms with van der Waals surface area (Å²) >= 11 is 9.09. The molecule has 110 valence electrons. The van der Waals surface area contributed by atoms with Gasteiger partial charge in [0.2, 0.25) is 10.0 Å². The zero-order chi connectivity index (χ0) is 14.9. The van der Waals surface area contributed by atoms with Crippen LogP contribution in [0.15, 0.2) is 21.5 Å². The van der Waals surface area contributed by atoms with Crippen LogP contribution in [-0.2, 0) is 14.8 Å². The summed E-state index contributed by atoms with van der Waals surface area (Å²) in [7, 11) is -3.94. The van der Waals surface area contributed by atoms with Gasteiger partial charge in [-0.25, -0.2) is 13.6 Å². The van der Waals surface area contributed by atoms with Crippen LogP contribution in [0, 0.1) is 0 Å². The maximum atomic E-state index is 12.3. The molecule has 6 nitrogen and oxygen atoms in total. The molecule has 2 rings (SSSR count). The lowest BCUT2D eigenvalue weighted by Crippen LogP contribution is -2.40. The number of hydrogen-bond acceptors (Lipinski definition) is 4. The first kappa shape index (κ1) is 15.7. The largest absolute Gasteiger partial charge is 0.378 e. The first-order valence-electron chi connectivity index (χ1n) is 5.69. The molecule has 0 spiro atoms. The molecule has 1 fully saturated rings. The predicted molar refractivity (Wildman–Crippen MR) is 77.2 cm³/mol. The van der Waals surface area contributed by atoms with Gasteiger partial charge in [0.15, 0.2) is 0 Å². The smallest absolute Gasteiger partial charge is 0.255 e. The molecule has 1 amide bonds. The number of primary sulfonamides is 1. The van der Waals surface area contributed by atoms with Crippen molar-refractivity contribution in [3.63, 3.8) is 0 Å². The standard InChI is InChI=1S/C11H12BrClN2O4S/c12-8-6-9(13)7(5-10(8)20(14,17)18)11(16)15-1-3-19-4-2-15/h5-6H,1-4H2,(H2,14,17,18). The Morgan fingerprint density at radius 3 is 2.50 bits per heavy atom. The van der Waals surface area contributed by atoms with E-state index in [0.29, 0.717) is 26.3 Å². The van der Waals surface area contributed by atoms with Crippen LogP contribution >= 0.6 is 27.5 Å². The Bertz CT molecular complexity index is 644. The first-order chi connectivity index (χ1) is 9.30. The number of rotatable bonds is 2. The Hall–Kier alpha value is -0.670. The molecule has 0 unspecified atom stereocenters. The van der Waals surface area contributed by atoms with E-state index in [4.69, 9.17) is 21.5 Å². The van der Waals surface area contributed by atoms with E-state index in [9.17, 15) is 13.2 Å². The summed E-state index contributed by atoms with van der Waals surface area (Å²) in [5.41, 5.74) is 0.112. The molecule has 1 aliphatic rings. The Balaban J connectivity index is 2.43. The molecule has 0 radical (unpaired) electrons. The van der Waals surface area contributed by atoms with E-state index in [2.05, 4.69) is 15.9 Å². The van der Waals surface area contributed by atoms with Gasteiger partial charge >= 0.3 is 0 Å². The van der Waals surface area contributed by atoms with Crippen molar-refractivity contribution >= 4 is 43.5 Å². The number of carbonyl (C=O) groups is 1. The van der Waals surface area contributed by atoms with Crippen LogP contribution in [0.25, 0.3) is 0 Å². The molecule has 1 aromatic rings. The number of ether oxygens (including phenoxy) is 1. The highest BCUT2D eigenvalue weighted by Crippen LogP contribution is 2.29. The van der Waals surface area contributed by atoms with Crippen molar-refractivity contribution < 1.29 is 17.9 Å². The first-order valence-corrected chi connectivity index (χ1v) is 8.41. The lowest BCUT2D eigenvalue weighted by Gasteiger charge is -2.27. The summed E-state index contributed by atoms with van der Waals surface area (Å²) in [4.78, 5) is 13.7. The van der Waals surface area contributed by atoms with Gasteiger partial charge in [-0.05, 0) is 28.1 Å². The molecule has 9 heteroatoms. The molecule has 0 saturated carbocycles. The van der Waals surface area contributed by atoms with E-state index in [-0.39, 0.29) is 25.9 Å². The molecular weight excluding hydrogens is 372 g/mol. The minimum atomic E-state index is -3.94. The predicted octanol–water partition coefficient (Wildman–Crippen LogP) is 1.22. The van der Waals surface area contributed by atoms with E-state index in [1.54, 1.807) is 4.90 Å². The highest BCUT2D eigenvalue weighted by molar-refractivity contribution is 9.10. The van der Waals surface area contributed by atoms with Gasteiger partial charge in [0.05, 0.1) is 28.7 Å². The minimum Gasteiger partial charge on any atom is -0.378 e. The summed E-state index contributed by atoms with van der Waals surface area (Å²) in [6, 6.07) is 2.55. The second-order valence-corrected chi connectivity index (χ2v) is 7.00. The summed E-state index contributed by atoms with van der Waals surface area (Å²) in [6.45, 7) is 1.77. The summed E-state index contributed by atoms with van der Waals surface area (Å²) in [5.74, 6) is -0.337. The Kier molecular flexibility index (Phi) is 4.70. The van der Waals surface area contributed by atoms with Gasteiger partial charge in [-0.1, -0.05) is 11.6 Å². The molecule has 0 bridgehead atoms. The van der Waals surface area contributed by atoms with E-state index in [0.717, 1.165) is 0 Å². The highest BCUT2D eigenvalue weighted by Gasteiger charge is 2.24. The third-order valence-electron chi connectivity index (χ3n) is 2.86. The van der Waals surface area contributed by atoms with Crippen LogP contribution in [0.3, 0.4) is 0 Å². The molecule has 1 saturated heterocycles. The van der Waals surface area contributed by atoms with Gasteiger partial charge in [0, 0.05) is 17.6 Å². The summed E-state index contributed by atoms with van der Waals surface area (Å²) < 4.78 is 28.3.